The van der Waals surface area contributed by atoms with E-state index in [0.717, 1.165) is 19.7 Å². The zero-order valence-electron chi connectivity index (χ0n) is 12.4. The van der Waals surface area contributed by atoms with Gasteiger partial charge in [-0.3, -0.25) is 9.69 Å². The Hall–Kier alpha value is -1.39. The van der Waals surface area contributed by atoms with Crippen LogP contribution in [0.25, 0.3) is 0 Å². The van der Waals surface area contributed by atoms with E-state index in [1.807, 2.05) is 24.3 Å². The smallest absolute Gasteiger partial charge is 0.251 e. The molecule has 4 nitrogen and oxygen atoms in total. The van der Waals surface area contributed by atoms with Crippen molar-refractivity contribution in [2.45, 2.75) is 31.9 Å². The SMILES string of the molecule is CNC(=O)c1ccc(CN(C)CC2CCCCO2)cc1. The number of hydrogen-bond donors (Lipinski definition) is 1. The van der Waals surface area contributed by atoms with Gasteiger partial charge in [-0.2, -0.15) is 0 Å². The van der Waals surface area contributed by atoms with Gasteiger partial charge in [0.05, 0.1) is 6.10 Å². The number of ether oxygens (including phenoxy) is 1. The molecule has 1 unspecified atom stereocenters. The van der Waals surface area contributed by atoms with Crippen molar-refractivity contribution >= 4 is 5.91 Å². The van der Waals surface area contributed by atoms with Gasteiger partial charge in [-0.15, -0.1) is 0 Å². The molecule has 1 aliphatic rings. The third-order valence-corrected chi connectivity index (χ3v) is 3.68. The zero-order valence-corrected chi connectivity index (χ0v) is 12.4. The summed E-state index contributed by atoms with van der Waals surface area (Å²) in [7, 11) is 3.76. The molecule has 1 N–H and O–H groups in total. The summed E-state index contributed by atoms with van der Waals surface area (Å²) in [6.45, 7) is 2.75. The molecule has 1 heterocycles. The van der Waals surface area contributed by atoms with Crippen molar-refractivity contribution in [1.29, 1.82) is 0 Å². The van der Waals surface area contributed by atoms with Crippen LogP contribution < -0.4 is 5.32 Å². The number of likely N-dealkylation sites (N-methyl/N-ethyl adjacent to an activating group) is 1. The van der Waals surface area contributed by atoms with Crippen molar-refractivity contribution in [1.82, 2.24) is 10.2 Å². The molecule has 0 bridgehead atoms. The van der Waals surface area contributed by atoms with E-state index < -0.39 is 0 Å². The van der Waals surface area contributed by atoms with Gasteiger partial charge in [0.2, 0.25) is 0 Å². The Balaban J connectivity index is 1.84. The minimum atomic E-state index is -0.0412. The van der Waals surface area contributed by atoms with Gasteiger partial charge in [0, 0.05) is 32.3 Å². The van der Waals surface area contributed by atoms with Crippen LogP contribution in [0.3, 0.4) is 0 Å². The van der Waals surface area contributed by atoms with Gasteiger partial charge in [-0.05, 0) is 44.0 Å². The first kappa shape index (κ1) is 15.0. The molecule has 1 aromatic rings. The molecule has 0 spiro atoms. The van der Waals surface area contributed by atoms with Gasteiger partial charge in [-0.25, -0.2) is 0 Å². The molecule has 0 aromatic heterocycles. The van der Waals surface area contributed by atoms with Crippen LogP contribution in [-0.2, 0) is 11.3 Å². The predicted octanol–water partition coefficient (Wildman–Crippen LogP) is 2.05. The fraction of sp³-hybridized carbons (Fsp3) is 0.562. The molecular weight excluding hydrogens is 252 g/mol. The van der Waals surface area contributed by atoms with E-state index in [-0.39, 0.29) is 5.91 Å². The topological polar surface area (TPSA) is 41.6 Å². The van der Waals surface area contributed by atoms with Crippen molar-refractivity contribution in [3.05, 3.63) is 35.4 Å². The van der Waals surface area contributed by atoms with Crippen LogP contribution in [0.15, 0.2) is 24.3 Å². The molecule has 1 fully saturated rings. The largest absolute Gasteiger partial charge is 0.377 e. The first-order chi connectivity index (χ1) is 9.69. The Bertz CT molecular complexity index is 425. The van der Waals surface area contributed by atoms with Crippen molar-refractivity contribution in [2.75, 3.05) is 27.2 Å². The van der Waals surface area contributed by atoms with E-state index in [1.54, 1.807) is 7.05 Å². The summed E-state index contributed by atoms with van der Waals surface area (Å²) in [5, 5.41) is 2.63. The van der Waals surface area contributed by atoms with Crippen molar-refractivity contribution < 1.29 is 9.53 Å². The third kappa shape index (κ3) is 4.32. The second kappa shape index (κ2) is 7.41. The highest BCUT2D eigenvalue weighted by molar-refractivity contribution is 5.93. The van der Waals surface area contributed by atoms with Gasteiger partial charge >= 0.3 is 0 Å². The zero-order chi connectivity index (χ0) is 14.4. The summed E-state index contributed by atoms with van der Waals surface area (Å²) in [4.78, 5) is 13.8. The fourth-order valence-electron chi connectivity index (χ4n) is 2.58. The first-order valence-electron chi connectivity index (χ1n) is 7.30. The minimum Gasteiger partial charge on any atom is -0.377 e. The maximum Gasteiger partial charge on any atom is 0.251 e. The maximum atomic E-state index is 11.5. The lowest BCUT2D eigenvalue weighted by molar-refractivity contribution is -0.00259. The van der Waals surface area contributed by atoms with E-state index >= 15 is 0 Å². The monoisotopic (exact) mass is 276 g/mol. The second-order valence-corrected chi connectivity index (χ2v) is 5.46. The minimum absolute atomic E-state index is 0.0412. The molecule has 1 aliphatic heterocycles. The molecule has 20 heavy (non-hydrogen) atoms. The molecule has 1 aromatic carbocycles. The summed E-state index contributed by atoms with van der Waals surface area (Å²) in [5.74, 6) is -0.0412. The van der Waals surface area contributed by atoms with E-state index in [4.69, 9.17) is 4.74 Å². The Kier molecular flexibility index (Phi) is 5.56. The molecule has 1 atom stereocenters. The Morgan fingerprint density at radius 3 is 2.70 bits per heavy atom. The molecule has 1 saturated heterocycles. The highest BCUT2D eigenvalue weighted by Gasteiger charge is 2.15. The molecule has 0 aliphatic carbocycles. The molecule has 1 amide bonds. The van der Waals surface area contributed by atoms with Crippen LogP contribution in [-0.4, -0.2) is 44.2 Å². The molecule has 2 rings (SSSR count). The Morgan fingerprint density at radius 1 is 1.35 bits per heavy atom. The lowest BCUT2D eigenvalue weighted by atomic mass is 10.1. The number of carbonyl (C=O) groups excluding carboxylic acids is 1. The maximum absolute atomic E-state index is 11.5. The molecule has 4 heteroatoms. The average Bonchev–Trinajstić information content (AvgIpc) is 2.48. The quantitative estimate of drug-likeness (QED) is 0.895. The highest BCUT2D eigenvalue weighted by atomic mass is 16.5. The van der Waals surface area contributed by atoms with Crippen LogP contribution in [0, 0.1) is 0 Å². The molecule has 110 valence electrons. The number of hydrogen-bond acceptors (Lipinski definition) is 3. The van der Waals surface area contributed by atoms with Crippen molar-refractivity contribution in [2.24, 2.45) is 0 Å². The standard InChI is InChI=1S/C16H24N2O2/c1-17-16(19)14-8-6-13(7-9-14)11-18(2)12-15-5-3-4-10-20-15/h6-9,15H,3-5,10-12H2,1-2H3,(H,17,19). The van der Waals surface area contributed by atoms with Crippen LogP contribution in [0.5, 0.6) is 0 Å². The number of carbonyl (C=O) groups is 1. The second-order valence-electron chi connectivity index (χ2n) is 5.46. The number of benzene rings is 1. The van der Waals surface area contributed by atoms with Crippen LogP contribution in [0.4, 0.5) is 0 Å². The fourth-order valence-corrected chi connectivity index (χ4v) is 2.58. The highest BCUT2D eigenvalue weighted by Crippen LogP contribution is 2.14. The number of rotatable bonds is 5. The molecule has 0 radical (unpaired) electrons. The summed E-state index contributed by atoms with van der Waals surface area (Å²) < 4.78 is 5.76. The first-order valence-corrected chi connectivity index (χ1v) is 7.30. The van der Waals surface area contributed by atoms with E-state index in [1.165, 1.54) is 24.8 Å². The van der Waals surface area contributed by atoms with Crippen molar-refractivity contribution in [3.8, 4) is 0 Å². The summed E-state index contributed by atoms with van der Waals surface area (Å²) in [6, 6.07) is 7.78. The van der Waals surface area contributed by atoms with Crippen molar-refractivity contribution in [3.63, 3.8) is 0 Å². The van der Waals surface area contributed by atoms with E-state index in [0.29, 0.717) is 11.7 Å². The third-order valence-electron chi connectivity index (χ3n) is 3.68. The van der Waals surface area contributed by atoms with Crippen LogP contribution >= 0.6 is 0 Å². The van der Waals surface area contributed by atoms with Crippen LogP contribution in [0.2, 0.25) is 0 Å². The number of amides is 1. The lowest BCUT2D eigenvalue weighted by Gasteiger charge is -2.27. The van der Waals surface area contributed by atoms with E-state index in [2.05, 4.69) is 17.3 Å². The predicted molar refractivity (Wildman–Crippen MR) is 79.8 cm³/mol. The summed E-state index contributed by atoms with van der Waals surface area (Å²) in [5.41, 5.74) is 1.92. The molecular formula is C16H24N2O2. The summed E-state index contributed by atoms with van der Waals surface area (Å²) in [6.07, 6.45) is 4.01. The average molecular weight is 276 g/mol. The normalized spacial score (nSPS) is 19.1. The summed E-state index contributed by atoms with van der Waals surface area (Å²) >= 11 is 0. The van der Waals surface area contributed by atoms with Crippen LogP contribution in [0.1, 0.15) is 35.2 Å². The van der Waals surface area contributed by atoms with Gasteiger partial charge in [0.25, 0.3) is 5.91 Å². The number of nitrogens with zero attached hydrogens (tertiary/aromatic N) is 1. The lowest BCUT2D eigenvalue weighted by Crippen LogP contribution is -2.33. The van der Waals surface area contributed by atoms with Gasteiger partial charge in [-0.1, -0.05) is 12.1 Å². The number of nitrogens with one attached hydrogen (secondary N) is 1. The Morgan fingerprint density at radius 2 is 2.10 bits per heavy atom. The Labute approximate surface area is 121 Å². The van der Waals surface area contributed by atoms with Gasteiger partial charge in [0.15, 0.2) is 0 Å². The molecule has 0 saturated carbocycles. The van der Waals surface area contributed by atoms with E-state index in [9.17, 15) is 4.79 Å². The van der Waals surface area contributed by atoms with Gasteiger partial charge in [0.1, 0.15) is 0 Å². The van der Waals surface area contributed by atoms with Gasteiger partial charge < -0.3 is 10.1 Å².